The first kappa shape index (κ1) is 46.4. The second-order valence-electron chi connectivity index (χ2n) is 20.7. The SMILES string of the molecule is CC(C)(C)c1ccnc(-n2c3[c-]c(Oc4[c-]c(-n5[c-][n+]6c7c(cccc75)-c5ccccc5-c5ccccc5-c5cccc(-c7ccc8oc9ccc(-c%10ccccc%10)cc9c8c7)c5-6)ccc4)ccc3c3ccccc32)c1.[Pt]. The zero-order valence-electron chi connectivity index (χ0n) is 42.3. The molecule has 0 saturated carbocycles. The third-order valence-electron chi connectivity index (χ3n) is 15.2. The first-order chi connectivity index (χ1) is 37.3. The Kier molecular flexibility index (Phi) is 10.9. The number of ether oxygens (including phenoxy) is 1. The number of nitrogens with zero attached hydrogens (tertiary/aromatic N) is 4. The molecule has 0 atom stereocenters. The molecule has 0 amide bonds. The van der Waals surface area contributed by atoms with Crippen LogP contribution in [0.15, 0.2) is 229 Å². The molecule has 5 heterocycles. The Labute approximate surface area is 460 Å². The van der Waals surface area contributed by atoms with E-state index in [1.807, 2.05) is 24.4 Å². The molecule has 0 spiro atoms. The van der Waals surface area contributed by atoms with Crippen molar-refractivity contribution in [3.8, 4) is 84.3 Å². The van der Waals surface area contributed by atoms with Crippen LogP contribution in [-0.4, -0.2) is 14.1 Å². The van der Waals surface area contributed by atoms with E-state index in [-0.39, 0.29) is 26.5 Å². The number of hydrogen-bond acceptors (Lipinski definition) is 3. The quantitative estimate of drug-likeness (QED) is 0.123. The molecule has 370 valence electrons. The van der Waals surface area contributed by atoms with Crippen molar-refractivity contribution in [1.82, 2.24) is 14.1 Å². The van der Waals surface area contributed by atoms with Gasteiger partial charge in [0.1, 0.15) is 17.0 Å². The molecule has 4 aromatic heterocycles. The van der Waals surface area contributed by atoms with Crippen LogP contribution in [0.1, 0.15) is 26.3 Å². The number of aromatic nitrogens is 4. The van der Waals surface area contributed by atoms with E-state index in [1.54, 1.807) is 0 Å². The van der Waals surface area contributed by atoms with Gasteiger partial charge in [-0.05, 0) is 120 Å². The minimum Gasteiger partial charge on any atom is -0.510 e. The normalized spacial score (nSPS) is 12.0. The maximum absolute atomic E-state index is 6.77. The average molecular weight is 1170 g/mol. The minimum absolute atomic E-state index is 0. The van der Waals surface area contributed by atoms with E-state index < -0.39 is 0 Å². The first-order valence-electron chi connectivity index (χ1n) is 25.8. The summed E-state index contributed by atoms with van der Waals surface area (Å²) in [5.41, 5.74) is 19.8. The van der Waals surface area contributed by atoms with Gasteiger partial charge in [0.15, 0.2) is 0 Å². The van der Waals surface area contributed by atoms with Gasteiger partial charge in [0, 0.05) is 55.1 Å². The second-order valence-corrected chi connectivity index (χ2v) is 20.7. The van der Waals surface area contributed by atoms with Crippen LogP contribution in [0.5, 0.6) is 11.5 Å². The molecule has 6 nitrogen and oxygen atoms in total. The van der Waals surface area contributed by atoms with Gasteiger partial charge < -0.3 is 18.3 Å². The Morgan fingerprint density at radius 3 is 1.87 bits per heavy atom. The number of rotatable bonds is 6. The summed E-state index contributed by atoms with van der Waals surface area (Å²) >= 11 is 0. The number of furan rings is 1. The molecule has 1 aliphatic heterocycles. The van der Waals surface area contributed by atoms with Crippen LogP contribution in [0.2, 0.25) is 0 Å². The van der Waals surface area contributed by atoms with E-state index in [2.05, 4.69) is 253 Å². The van der Waals surface area contributed by atoms with Crippen LogP contribution in [0, 0.1) is 18.5 Å². The molecule has 77 heavy (non-hydrogen) atoms. The van der Waals surface area contributed by atoms with Crippen molar-refractivity contribution >= 4 is 54.8 Å². The maximum Gasteiger partial charge on any atom is 0.268 e. The minimum atomic E-state index is -0.0465. The molecule has 0 bridgehead atoms. The second kappa shape index (κ2) is 18.0. The fourth-order valence-corrected chi connectivity index (χ4v) is 11.5. The van der Waals surface area contributed by atoms with E-state index in [4.69, 9.17) is 14.1 Å². The number of pyridine rings is 1. The van der Waals surface area contributed by atoms with Crippen LogP contribution in [0.4, 0.5) is 0 Å². The van der Waals surface area contributed by atoms with Gasteiger partial charge >= 0.3 is 0 Å². The van der Waals surface area contributed by atoms with Gasteiger partial charge in [0.25, 0.3) is 6.33 Å². The topological polar surface area (TPSA) is 49.0 Å². The monoisotopic (exact) mass is 1170 g/mol. The molecule has 1 aliphatic rings. The van der Waals surface area contributed by atoms with Gasteiger partial charge in [-0.2, -0.15) is 18.2 Å². The smallest absolute Gasteiger partial charge is 0.268 e. The van der Waals surface area contributed by atoms with Crippen molar-refractivity contribution in [2.45, 2.75) is 26.2 Å². The van der Waals surface area contributed by atoms with Gasteiger partial charge in [-0.15, -0.1) is 29.7 Å². The summed E-state index contributed by atoms with van der Waals surface area (Å²) in [4.78, 5) is 4.89. The van der Waals surface area contributed by atoms with E-state index in [0.29, 0.717) is 11.5 Å². The molecule has 14 aromatic rings. The number of fused-ring (bicyclic) bond motifs is 13. The first-order valence-corrected chi connectivity index (χ1v) is 25.8. The number of hydrogen-bond donors (Lipinski definition) is 0. The largest absolute Gasteiger partial charge is 0.510 e. The Morgan fingerprint density at radius 1 is 0.481 bits per heavy atom. The van der Waals surface area contributed by atoms with Gasteiger partial charge in [0.05, 0.1) is 16.7 Å². The predicted molar refractivity (Wildman–Crippen MR) is 307 cm³/mol. The molecular weight excluding hydrogens is 1120 g/mol. The molecule has 0 aliphatic carbocycles. The number of imidazole rings is 1. The van der Waals surface area contributed by atoms with Crippen LogP contribution in [0.3, 0.4) is 0 Å². The summed E-state index contributed by atoms with van der Waals surface area (Å²) in [6.45, 7) is 6.68. The summed E-state index contributed by atoms with van der Waals surface area (Å²) in [5, 5.41) is 4.34. The Hall–Kier alpha value is -9.09. The zero-order valence-corrected chi connectivity index (χ0v) is 44.6. The Bertz CT molecular complexity index is 4670. The molecule has 0 fully saturated rings. The summed E-state index contributed by atoms with van der Waals surface area (Å²) in [5.74, 6) is 1.97. The van der Waals surface area contributed by atoms with Crippen molar-refractivity contribution < 1.29 is 34.8 Å². The van der Waals surface area contributed by atoms with Crippen LogP contribution >= 0.6 is 0 Å². The third kappa shape index (κ3) is 7.57. The van der Waals surface area contributed by atoms with Gasteiger partial charge in [0.2, 0.25) is 0 Å². The Balaban J connectivity index is 0.00000540. The number of para-hydroxylation sites is 3. The average Bonchev–Trinajstić information content (AvgIpc) is 4.34. The molecular formula is C70H46N4O2Pt-2. The van der Waals surface area contributed by atoms with Crippen molar-refractivity contribution in [3.63, 3.8) is 0 Å². The van der Waals surface area contributed by atoms with Crippen molar-refractivity contribution in [2.75, 3.05) is 0 Å². The van der Waals surface area contributed by atoms with Gasteiger partial charge in [-0.25, -0.2) is 4.98 Å². The fraction of sp³-hybridized carbons (Fsp3) is 0.0571. The van der Waals surface area contributed by atoms with Crippen LogP contribution in [0.25, 0.3) is 128 Å². The third-order valence-corrected chi connectivity index (χ3v) is 15.2. The van der Waals surface area contributed by atoms with E-state index in [1.165, 1.54) is 16.7 Å². The van der Waals surface area contributed by atoms with Crippen LogP contribution in [-0.2, 0) is 26.5 Å². The standard InChI is InChI=1S/C70H46N4O2.Pt/c1-70(2,3)47-36-37-71-67(40-47)74-62-28-12-11-24-56(62)57-33-32-50(42-64(57)74)75-49-19-13-18-48(41-49)72-43-73-68-51(46-31-35-66-61(39-46)60-38-45(30-34-65(60)76-66)44-16-5-4-6-17-44)25-14-26-58(68)54-22-9-7-20-52(54)53-21-8-10-23-55(53)59-27-15-29-63(72)69(59)73;/h4-40H,1-3H3;/q-2;. The summed E-state index contributed by atoms with van der Waals surface area (Å²) in [6.07, 6.45) is 5.84. The summed E-state index contributed by atoms with van der Waals surface area (Å²) in [6, 6.07) is 84.6. The molecule has 15 rings (SSSR count). The molecule has 7 heteroatoms. The van der Waals surface area contributed by atoms with Crippen molar-refractivity contribution in [3.05, 3.63) is 249 Å². The molecule has 0 unspecified atom stereocenters. The summed E-state index contributed by atoms with van der Waals surface area (Å²) in [7, 11) is 0. The predicted octanol–water partition coefficient (Wildman–Crippen LogP) is 17.4. The zero-order chi connectivity index (χ0) is 50.6. The molecule has 0 saturated heterocycles. The van der Waals surface area contributed by atoms with Gasteiger partial charge in [-0.3, -0.25) is 4.57 Å². The van der Waals surface area contributed by atoms with Gasteiger partial charge in [-0.1, -0.05) is 172 Å². The summed E-state index contributed by atoms with van der Waals surface area (Å²) < 4.78 is 19.9. The molecule has 10 aromatic carbocycles. The maximum atomic E-state index is 6.77. The van der Waals surface area contributed by atoms with Crippen LogP contribution < -0.4 is 9.30 Å². The van der Waals surface area contributed by atoms with Crippen molar-refractivity contribution in [2.24, 2.45) is 0 Å². The fourth-order valence-electron chi connectivity index (χ4n) is 11.5. The van der Waals surface area contributed by atoms with E-state index in [9.17, 15) is 0 Å². The van der Waals surface area contributed by atoms with E-state index in [0.717, 1.165) is 116 Å². The molecule has 0 radical (unpaired) electrons. The Morgan fingerprint density at radius 2 is 1.09 bits per heavy atom. The molecule has 0 N–H and O–H groups in total. The number of benzene rings is 10. The van der Waals surface area contributed by atoms with Crippen molar-refractivity contribution in [1.29, 1.82) is 0 Å². The van der Waals surface area contributed by atoms with E-state index >= 15 is 0 Å².